The van der Waals surface area contributed by atoms with Crippen LogP contribution in [0.1, 0.15) is 25.3 Å². The van der Waals surface area contributed by atoms with E-state index in [1.165, 1.54) is 29.2 Å². The van der Waals surface area contributed by atoms with E-state index in [9.17, 15) is 19.8 Å². The summed E-state index contributed by atoms with van der Waals surface area (Å²) in [7, 11) is 0. The van der Waals surface area contributed by atoms with Crippen molar-refractivity contribution in [3.63, 3.8) is 0 Å². The van der Waals surface area contributed by atoms with Crippen molar-refractivity contribution < 1.29 is 24.5 Å². The zero-order chi connectivity index (χ0) is 22.8. The SMILES string of the molecule is CC1C(=O)Nc2c(O)cc(Sc3nnc(SCC(=O)Oc4ccccc4)s3)c(O)c2C1C. The highest BCUT2D eigenvalue weighted by atomic mass is 32.2. The third kappa shape index (κ3) is 4.69. The highest BCUT2D eigenvalue weighted by Crippen LogP contribution is 2.51. The van der Waals surface area contributed by atoms with Gasteiger partial charge in [-0.25, -0.2) is 0 Å². The number of carbonyl (C=O) groups excluding carboxylic acids is 2. The average molecular weight is 490 g/mol. The Morgan fingerprint density at radius 1 is 1.16 bits per heavy atom. The van der Waals surface area contributed by atoms with E-state index in [4.69, 9.17) is 4.74 Å². The van der Waals surface area contributed by atoms with Gasteiger partial charge < -0.3 is 20.3 Å². The summed E-state index contributed by atoms with van der Waals surface area (Å²) in [6.45, 7) is 3.61. The minimum atomic E-state index is -0.395. The van der Waals surface area contributed by atoms with Gasteiger partial charge in [-0.2, -0.15) is 0 Å². The van der Waals surface area contributed by atoms with E-state index in [0.29, 0.717) is 24.9 Å². The van der Waals surface area contributed by atoms with E-state index < -0.39 is 5.97 Å². The number of phenols is 2. The minimum Gasteiger partial charge on any atom is -0.506 e. The molecule has 8 nitrogen and oxygen atoms in total. The van der Waals surface area contributed by atoms with Crippen LogP contribution in [0.3, 0.4) is 0 Å². The molecule has 11 heteroatoms. The molecule has 0 saturated carbocycles. The largest absolute Gasteiger partial charge is 0.506 e. The van der Waals surface area contributed by atoms with E-state index in [1.54, 1.807) is 31.2 Å². The van der Waals surface area contributed by atoms with Crippen molar-refractivity contribution in [3.05, 3.63) is 42.0 Å². The standard InChI is InChI=1S/C21H19N3O5S3/c1-10-11(2)19(28)22-17-13(25)8-14(18(27)16(10)17)31-21-24-23-20(32-21)30-9-15(26)29-12-6-4-3-5-7-12/h3-8,10-11,25,27H,9H2,1-2H3,(H,22,28). The van der Waals surface area contributed by atoms with E-state index in [0.717, 1.165) is 11.8 Å². The molecule has 2 atom stereocenters. The summed E-state index contributed by atoms with van der Waals surface area (Å²) in [5.41, 5.74) is 0.746. The van der Waals surface area contributed by atoms with Crippen LogP contribution >= 0.6 is 34.9 Å². The molecule has 0 aliphatic carbocycles. The summed E-state index contributed by atoms with van der Waals surface area (Å²) in [5.74, 6) is -0.754. The van der Waals surface area contributed by atoms with Crippen LogP contribution in [-0.4, -0.2) is 38.0 Å². The van der Waals surface area contributed by atoms with Gasteiger partial charge >= 0.3 is 5.97 Å². The Morgan fingerprint density at radius 3 is 2.62 bits per heavy atom. The first kappa shape index (κ1) is 22.4. The normalized spacial score (nSPS) is 17.5. The molecule has 32 heavy (non-hydrogen) atoms. The van der Waals surface area contributed by atoms with Gasteiger partial charge in [0.05, 0.1) is 16.3 Å². The summed E-state index contributed by atoms with van der Waals surface area (Å²) in [6, 6.07) is 10.2. The van der Waals surface area contributed by atoms with Gasteiger partial charge in [0.2, 0.25) is 5.91 Å². The lowest BCUT2D eigenvalue weighted by molar-refractivity contribution is -0.131. The van der Waals surface area contributed by atoms with Gasteiger partial charge in [0.15, 0.2) is 8.68 Å². The first-order valence-electron chi connectivity index (χ1n) is 9.63. The third-order valence-corrected chi connectivity index (χ3v) is 8.13. The van der Waals surface area contributed by atoms with Gasteiger partial charge in [0, 0.05) is 11.5 Å². The van der Waals surface area contributed by atoms with Crippen molar-refractivity contribution in [2.75, 3.05) is 11.1 Å². The number of anilines is 1. The Morgan fingerprint density at radius 2 is 1.88 bits per heavy atom. The molecular weight excluding hydrogens is 470 g/mol. The number of fused-ring (bicyclic) bond motifs is 1. The maximum Gasteiger partial charge on any atom is 0.321 e. The number of para-hydroxylation sites is 1. The highest BCUT2D eigenvalue weighted by molar-refractivity contribution is 8.03. The predicted octanol–water partition coefficient (Wildman–Crippen LogP) is 4.49. The lowest BCUT2D eigenvalue weighted by Crippen LogP contribution is -2.30. The van der Waals surface area contributed by atoms with Crippen molar-refractivity contribution in [2.24, 2.45) is 5.92 Å². The summed E-state index contributed by atoms with van der Waals surface area (Å²) >= 11 is 3.63. The van der Waals surface area contributed by atoms with Crippen LogP contribution in [0.15, 0.2) is 50.0 Å². The Balaban J connectivity index is 1.44. The molecule has 1 aromatic heterocycles. The van der Waals surface area contributed by atoms with Gasteiger partial charge in [-0.1, -0.05) is 66.9 Å². The Hall–Kier alpha value is -2.76. The van der Waals surface area contributed by atoms with Crippen molar-refractivity contribution in [2.45, 2.75) is 33.3 Å². The van der Waals surface area contributed by atoms with Crippen molar-refractivity contribution in [1.29, 1.82) is 0 Å². The van der Waals surface area contributed by atoms with Crippen LogP contribution in [0.2, 0.25) is 0 Å². The summed E-state index contributed by atoms with van der Waals surface area (Å²) < 4.78 is 6.37. The molecule has 166 valence electrons. The number of ether oxygens (including phenoxy) is 1. The van der Waals surface area contributed by atoms with E-state index in [-0.39, 0.29) is 40.7 Å². The smallest absolute Gasteiger partial charge is 0.321 e. The maximum absolute atomic E-state index is 12.1. The number of amides is 1. The molecule has 0 spiro atoms. The maximum atomic E-state index is 12.1. The fourth-order valence-corrected chi connectivity index (χ4v) is 6.02. The molecule has 0 fully saturated rings. The Labute approximate surface area is 196 Å². The number of nitrogens with zero attached hydrogens (tertiary/aromatic N) is 2. The van der Waals surface area contributed by atoms with E-state index in [1.807, 2.05) is 13.0 Å². The summed E-state index contributed by atoms with van der Waals surface area (Å²) in [6.07, 6.45) is 0. The van der Waals surface area contributed by atoms with Crippen LogP contribution in [0.25, 0.3) is 0 Å². The minimum absolute atomic E-state index is 0.00186. The highest BCUT2D eigenvalue weighted by Gasteiger charge is 2.34. The van der Waals surface area contributed by atoms with Crippen LogP contribution < -0.4 is 10.1 Å². The lowest BCUT2D eigenvalue weighted by Gasteiger charge is -2.30. The summed E-state index contributed by atoms with van der Waals surface area (Å²) in [4.78, 5) is 24.5. The molecule has 1 aliphatic heterocycles. The van der Waals surface area contributed by atoms with Gasteiger partial charge in [-0.15, -0.1) is 10.2 Å². The number of hydrogen-bond acceptors (Lipinski definition) is 10. The van der Waals surface area contributed by atoms with E-state index in [2.05, 4.69) is 15.5 Å². The number of hydrogen-bond donors (Lipinski definition) is 3. The quantitative estimate of drug-likeness (QED) is 0.151. The fourth-order valence-electron chi connectivity index (χ4n) is 3.18. The molecule has 4 rings (SSSR count). The molecular formula is C21H19N3O5S3. The molecule has 2 aromatic carbocycles. The van der Waals surface area contributed by atoms with E-state index >= 15 is 0 Å². The van der Waals surface area contributed by atoms with Gasteiger partial charge in [-0.3, -0.25) is 9.59 Å². The van der Waals surface area contributed by atoms with Gasteiger partial charge in [-0.05, 0) is 24.1 Å². The molecule has 3 N–H and O–H groups in total. The Bertz CT molecular complexity index is 1170. The van der Waals surface area contributed by atoms with Crippen LogP contribution in [0.5, 0.6) is 17.2 Å². The number of rotatable bonds is 6. The van der Waals surface area contributed by atoms with Crippen LogP contribution in [0.4, 0.5) is 5.69 Å². The molecule has 1 aliphatic rings. The predicted molar refractivity (Wildman–Crippen MR) is 123 cm³/mol. The number of thioether (sulfide) groups is 1. The van der Waals surface area contributed by atoms with Crippen LogP contribution in [-0.2, 0) is 9.59 Å². The monoisotopic (exact) mass is 489 g/mol. The average Bonchev–Trinajstić information content (AvgIpc) is 3.22. The second kappa shape index (κ2) is 9.39. The molecule has 0 saturated heterocycles. The lowest BCUT2D eigenvalue weighted by atomic mass is 9.83. The third-order valence-electron chi connectivity index (χ3n) is 5.02. The summed E-state index contributed by atoms with van der Waals surface area (Å²) in [5, 5.41) is 32.1. The van der Waals surface area contributed by atoms with Crippen molar-refractivity contribution >= 4 is 52.4 Å². The topological polar surface area (TPSA) is 122 Å². The number of aromatic nitrogens is 2. The van der Waals surface area contributed by atoms with Crippen molar-refractivity contribution in [3.8, 4) is 17.2 Å². The molecule has 1 amide bonds. The zero-order valence-electron chi connectivity index (χ0n) is 17.1. The molecule has 0 bridgehead atoms. The van der Waals surface area contributed by atoms with Crippen molar-refractivity contribution in [1.82, 2.24) is 10.2 Å². The number of benzene rings is 2. The molecule has 2 unspecified atom stereocenters. The first-order valence-corrected chi connectivity index (χ1v) is 12.2. The number of nitrogens with one attached hydrogen (secondary N) is 1. The zero-order valence-corrected chi connectivity index (χ0v) is 19.5. The fraction of sp³-hybridized carbons (Fsp3) is 0.238. The second-order valence-corrected chi connectivity index (χ2v) is 10.6. The van der Waals surface area contributed by atoms with Crippen LogP contribution in [0, 0.1) is 5.92 Å². The number of phenolic OH excluding ortho intramolecular Hbond substituents is 2. The second-order valence-electron chi connectivity index (χ2n) is 7.11. The molecule has 3 aromatic rings. The first-order chi connectivity index (χ1) is 15.3. The molecule has 0 radical (unpaired) electrons. The van der Waals surface area contributed by atoms with Gasteiger partial charge in [0.1, 0.15) is 17.2 Å². The molecule has 2 heterocycles. The Kier molecular flexibility index (Phi) is 6.58. The number of aromatic hydroxyl groups is 2. The number of carbonyl (C=O) groups is 2. The number of esters is 1. The van der Waals surface area contributed by atoms with Gasteiger partial charge in [0.25, 0.3) is 0 Å².